The molecule has 0 bridgehead atoms. The van der Waals surface area contributed by atoms with Gasteiger partial charge in [-0.2, -0.15) is 0 Å². The fraction of sp³-hybridized carbons (Fsp3) is 0.533. The van der Waals surface area contributed by atoms with Gasteiger partial charge >= 0.3 is 0 Å². The number of rotatable bonds is 6. The van der Waals surface area contributed by atoms with Gasteiger partial charge < -0.3 is 15.4 Å². The second-order valence-electron chi connectivity index (χ2n) is 5.75. The number of benzene rings is 1. The summed E-state index contributed by atoms with van der Waals surface area (Å²) in [6, 6.07) is 4.76. The quantitative estimate of drug-likeness (QED) is 0.620. The molecule has 1 atom stereocenters. The number of nitro groups is 1. The second-order valence-corrected chi connectivity index (χ2v) is 5.75. The van der Waals surface area contributed by atoms with E-state index in [9.17, 15) is 14.9 Å². The van der Waals surface area contributed by atoms with Crippen molar-refractivity contribution >= 4 is 17.3 Å². The number of nitro benzene ring substituents is 1. The largest absolute Gasteiger partial charge is 0.377 e. The normalized spacial score (nSPS) is 20.6. The molecule has 7 heteroatoms. The minimum atomic E-state index is -0.467. The Morgan fingerprint density at radius 3 is 2.82 bits per heavy atom. The van der Waals surface area contributed by atoms with Gasteiger partial charge in [-0.05, 0) is 37.8 Å². The molecule has 118 valence electrons. The highest BCUT2D eigenvalue weighted by atomic mass is 16.6. The highest BCUT2D eigenvalue weighted by molar-refractivity contribution is 5.96. The number of nitrogens with zero attached hydrogens (tertiary/aromatic N) is 1. The van der Waals surface area contributed by atoms with Gasteiger partial charge in [-0.15, -0.1) is 0 Å². The third-order valence-corrected chi connectivity index (χ3v) is 3.91. The van der Waals surface area contributed by atoms with Crippen molar-refractivity contribution in [3.63, 3.8) is 0 Å². The van der Waals surface area contributed by atoms with Crippen LogP contribution in [0.2, 0.25) is 0 Å². The average Bonchev–Trinajstić information content (AvgIpc) is 3.16. The van der Waals surface area contributed by atoms with Crippen molar-refractivity contribution in [2.24, 2.45) is 0 Å². The lowest BCUT2D eigenvalue weighted by atomic mass is 10.1. The van der Waals surface area contributed by atoms with E-state index in [0.29, 0.717) is 17.8 Å². The van der Waals surface area contributed by atoms with Crippen LogP contribution in [0.5, 0.6) is 0 Å². The summed E-state index contributed by atoms with van der Waals surface area (Å²) in [6.45, 7) is 1.28. The van der Waals surface area contributed by atoms with Gasteiger partial charge in [0.2, 0.25) is 0 Å². The van der Waals surface area contributed by atoms with E-state index in [2.05, 4.69) is 10.6 Å². The Kier molecular flexibility index (Phi) is 4.24. The predicted molar refractivity (Wildman–Crippen MR) is 81.0 cm³/mol. The van der Waals surface area contributed by atoms with Crippen LogP contribution in [0.3, 0.4) is 0 Å². The molecule has 1 aromatic carbocycles. The summed E-state index contributed by atoms with van der Waals surface area (Å²) < 4.78 is 5.49. The zero-order valence-electron chi connectivity index (χ0n) is 12.2. The van der Waals surface area contributed by atoms with Gasteiger partial charge in [-0.1, -0.05) is 0 Å². The van der Waals surface area contributed by atoms with Crippen molar-refractivity contribution in [3.05, 3.63) is 33.9 Å². The molecule has 0 spiro atoms. The average molecular weight is 305 g/mol. The van der Waals surface area contributed by atoms with Gasteiger partial charge in [0, 0.05) is 30.8 Å². The van der Waals surface area contributed by atoms with Gasteiger partial charge in [0.05, 0.1) is 11.0 Å². The number of carbonyl (C=O) groups is 1. The number of hydrogen-bond acceptors (Lipinski definition) is 5. The standard InChI is InChI=1S/C15H19N3O4/c19-15(17-11-4-5-11)10-3-6-13(14(8-10)18(20)21)16-9-12-2-1-7-22-12/h3,6,8,11-12,16H,1-2,4-5,7,9H2,(H,17,19). The summed E-state index contributed by atoms with van der Waals surface area (Å²) in [7, 11) is 0. The third kappa shape index (κ3) is 3.54. The van der Waals surface area contributed by atoms with Crippen molar-refractivity contribution < 1.29 is 14.5 Å². The van der Waals surface area contributed by atoms with Crippen LogP contribution in [0.15, 0.2) is 18.2 Å². The maximum absolute atomic E-state index is 12.0. The molecule has 2 fully saturated rings. The Labute approximate surface area is 128 Å². The fourth-order valence-corrected chi connectivity index (χ4v) is 2.50. The molecule has 1 unspecified atom stereocenters. The first-order valence-corrected chi connectivity index (χ1v) is 7.58. The van der Waals surface area contributed by atoms with E-state index in [0.717, 1.165) is 32.3 Å². The highest BCUT2D eigenvalue weighted by Crippen LogP contribution is 2.27. The lowest BCUT2D eigenvalue weighted by molar-refractivity contribution is -0.384. The van der Waals surface area contributed by atoms with Crippen molar-refractivity contribution in [2.45, 2.75) is 37.8 Å². The van der Waals surface area contributed by atoms with Gasteiger partial charge in [-0.3, -0.25) is 14.9 Å². The Morgan fingerprint density at radius 2 is 2.18 bits per heavy atom. The van der Waals surface area contributed by atoms with E-state index >= 15 is 0 Å². The van der Waals surface area contributed by atoms with Gasteiger partial charge in [0.1, 0.15) is 5.69 Å². The van der Waals surface area contributed by atoms with Gasteiger partial charge in [0.15, 0.2) is 0 Å². The number of nitrogens with one attached hydrogen (secondary N) is 2. The molecule has 7 nitrogen and oxygen atoms in total. The molecule has 1 aliphatic carbocycles. The summed E-state index contributed by atoms with van der Waals surface area (Å²) in [4.78, 5) is 22.7. The van der Waals surface area contributed by atoms with E-state index in [1.165, 1.54) is 6.07 Å². The lowest BCUT2D eigenvalue weighted by Crippen LogP contribution is -2.25. The molecule has 1 aliphatic heterocycles. The summed E-state index contributed by atoms with van der Waals surface area (Å²) in [5.74, 6) is -0.253. The molecule has 22 heavy (non-hydrogen) atoms. The molecule has 1 saturated carbocycles. The van der Waals surface area contributed by atoms with E-state index in [-0.39, 0.29) is 23.7 Å². The third-order valence-electron chi connectivity index (χ3n) is 3.91. The van der Waals surface area contributed by atoms with Crippen molar-refractivity contribution in [1.82, 2.24) is 5.32 Å². The Morgan fingerprint density at radius 1 is 1.36 bits per heavy atom. The Bertz CT molecular complexity index is 580. The molecular formula is C15H19N3O4. The van der Waals surface area contributed by atoms with Crippen LogP contribution in [-0.4, -0.2) is 36.1 Å². The molecule has 1 heterocycles. The molecule has 3 rings (SSSR count). The Hall–Kier alpha value is -2.15. The second kappa shape index (κ2) is 6.31. The zero-order chi connectivity index (χ0) is 15.5. The van der Waals surface area contributed by atoms with Crippen LogP contribution in [-0.2, 0) is 4.74 Å². The summed E-state index contributed by atoms with van der Waals surface area (Å²) >= 11 is 0. The monoisotopic (exact) mass is 305 g/mol. The molecule has 1 amide bonds. The summed E-state index contributed by atoms with van der Waals surface area (Å²) in [6.07, 6.45) is 4.04. The van der Waals surface area contributed by atoms with Crippen molar-refractivity contribution in [2.75, 3.05) is 18.5 Å². The first kappa shape index (κ1) is 14.8. The predicted octanol–water partition coefficient (Wildman–Crippen LogP) is 2.08. The number of carbonyl (C=O) groups excluding carboxylic acids is 1. The molecule has 2 aliphatic rings. The molecule has 0 aromatic heterocycles. The Balaban J connectivity index is 1.71. The van der Waals surface area contributed by atoms with Crippen LogP contribution in [0.4, 0.5) is 11.4 Å². The smallest absolute Gasteiger partial charge is 0.293 e. The van der Waals surface area contributed by atoms with E-state index in [4.69, 9.17) is 4.74 Å². The highest BCUT2D eigenvalue weighted by Gasteiger charge is 2.25. The van der Waals surface area contributed by atoms with Crippen LogP contribution in [0.25, 0.3) is 0 Å². The van der Waals surface area contributed by atoms with E-state index in [1.807, 2.05) is 0 Å². The maximum atomic E-state index is 12.0. The molecular weight excluding hydrogens is 286 g/mol. The number of amides is 1. The molecule has 1 aromatic rings. The van der Waals surface area contributed by atoms with Crippen LogP contribution >= 0.6 is 0 Å². The molecule has 1 saturated heterocycles. The van der Waals surface area contributed by atoms with Crippen LogP contribution < -0.4 is 10.6 Å². The van der Waals surface area contributed by atoms with Crippen LogP contribution in [0.1, 0.15) is 36.0 Å². The van der Waals surface area contributed by atoms with Gasteiger partial charge in [-0.25, -0.2) is 0 Å². The first-order valence-electron chi connectivity index (χ1n) is 7.58. The fourth-order valence-electron chi connectivity index (χ4n) is 2.50. The maximum Gasteiger partial charge on any atom is 0.293 e. The SMILES string of the molecule is O=C(NC1CC1)c1ccc(NCC2CCCO2)c([N+](=O)[O-])c1. The van der Waals surface area contributed by atoms with Crippen molar-refractivity contribution in [1.29, 1.82) is 0 Å². The summed E-state index contributed by atoms with van der Waals surface area (Å²) in [5, 5.41) is 17.1. The molecule has 0 radical (unpaired) electrons. The topological polar surface area (TPSA) is 93.5 Å². The van der Waals surface area contributed by atoms with Crippen LogP contribution in [0, 0.1) is 10.1 Å². The minimum absolute atomic E-state index is 0.0820. The number of hydrogen-bond donors (Lipinski definition) is 2. The van der Waals surface area contributed by atoms with E-state index in [1.54, 1.807) is 12.1 Å². The first-order chi connectivity index (χ1) is 10.6. The zero-order valence-corrected chi connectivity index (χ0v) is 12.2. The van der Waals surface area contributed by atoms with E-state index < -0.39 is 4.92 Å². The summed E-state index contributed by atoms with van der Waals surface area (Å²) in [5.41, 5.74) is 0.659. The number of anilines is 1. The number of ether oxygens (including phenoxy) is 1. The minimum Gasteiger partial charge on any atom is -0.377 e. The van der Waals surface area contributed by atoms with Gasteiger partial charge in [0.25, 0.3) is 11.6 Å². The van der Waals surface area contributed by atoms with Crippen molar-refractivity contribution in [3.8, 4) is 0 Å². The molecule has 2 N–H and O–H groups in total. The lowest BCUT2D eigenvalue weighted by Gasteiger charge is -2.12.